The predicted octanol–water partition coefficient (Wildman–Crippen LogP) is 4.43. The van der Waals surface area contributed by atoms with Crippen LogP contribution in [0.1, 0.15) is 32.5 Å². The van der Waals surface area contributed by atoms with Crippen LogP contribution in [0.25, 0.3) is 0 Å². The van der Waals surface area contributed by atoms with Crippen molar-refractivity contribution in [1.82, 2.24) is 0 Å². The van der Waals surface area contributed by atoms with Gasteiger partial charge in [0.25, 0.3) is 5.91 Å². The maximum Gasteiger partial charge on any atom is 0.303 e. The second-order valence-corrected chi connectivity index (χ2v) is 8.46. The molecule has 4 nitrogen and oxygen atoms in total. The van der Waals surface area contributed by atoms with Gasteiger partial charge in [0.1, 0.15) is 0 Å². The van der Waals surface area contributed by atoms with Gasteiger partial charge >= 0.3 is 5.97 Å². The topological polar surface area (TPSA) is 66.4 Å². The zero-order chi connectivity index (χ0) is 17.6. The van der Waals surface area contributed by atoms with E-state index in [1.807, 2.05) is 59.9 Å². The lowest BCUT2D eigenvalue weighted by molar-refractivity contribution is -0.136. The SMILES string of the molecule is O=C(O)CCc1ccc(NC(=O)c2ccc(C3SCCS3)cc2)cc1. The molecule has 0 radical (unpaired) electrons. The van der Waals surface area contributed by atoms with Crippen molar-refractivity contribution in [3.05, 3.63) is 65.2 Å². The van der Waals surface area contributed by atoms with Crippen molar-refractivity contribution in [3.8, 4) is 0 Å². The number of rotatable bonds is 6. The highest BCUT2D eigenvalue weighted by molar-refractivity contribution is 8.19. The summed E-state index contributed by atoms with van der Waals surface area (Å²) in [5.41, 5.74) is 3.53. The van der Waals surface area contributed by atoms with E-state index in [2.05, 4.69) is 5.32 Å². The van der Waals surface area contributed by atoms with Crippen molar-refractivity contribution in [2.24, 2.45) is 0 Å². The smallest absolute Gasteiger partial charge is 0.303 e. The summed E-state index contributed by atoms with van der Waals surface area (Å²) in [7, 11) is 0. The average Bonchev–Trinajstić information content (AvgIpc) is 3.16. The van der Waals surface area contributed by atoms with E-state index in [0.29, 0.717) is 22.3 Å². The molecule has 0 spiro atoms. The van der Waals surface area contributed by atoms with E-state index in [1.54, 1.807) is 12.1 Å². The first-order chi connectivity index (χ1) is 12.1. The summed E-state index contributed by atoms with van der Waals surface area (Å²) in [6.45, 7) is 0. The minimum Gasteiger partial charge on any atom is -0.481 e. The Bertz CT molecular complexity index is 738. The van der Waals surface area contributed by atoms with Crippen LogP contribution in [0.15, 0.2) is 48.5 Å². The molecule has 25 heavy (non-hydrogen) atoms. The molecule has 1 heterocycles. The van der Waals surface area contributed by atoms with Gasteiger partial charge in [0.2, 0.25) is 0 Å². The number of nitrogens with one attached hydrogen (secondary N) is 1. The predicted molar refractivity (Wildman–Crippen MR) is 104 cm³/mol. The molecule has 0 aliphatic carbocycles. The molecule has 0 saturated carbocycles. The molecule has 1 amide bonds. The quantitative estimate of drug-likeness (QED) is 0.784. The van der Waals surface area contributed by atoms with Crippen molar-refractivity contribution in [2.75, 3.05) is 16.8 Å². The molecule has 1 aliphatic rings. The number of carboxylic acids is 1. The second kappa shape index (κ2) is 8.45. The number of carboxylic acid groups (broad SMARTS) is 1. The number of benzene rings is 2. The molecule has 0 aromatic heterocycles. The number of hydrogen-bond donors (Lipinski definition) is 2. The van der Waals surface area contributed by atoms with Crippen LogP contribution in [-0.4, -0.2) is 28.5 Å². The number of amides is 1. The van der Waals surface area contributed by atoms with E-state index in [-0.39, 0.29) is 12.3 Å². The molecule has 0 bridgehead atoms. The normalized spacial score (nSPS) is 14.4. The van der Waals surface area contributed by atoms with Crippen LogP contribution in [0.3, 0.4) is 0 Å². The monoisotopic (exact) mass is 373 g/mol. The summed E-state index contributed by atoms with van der Waals surface area (Å²) in [4.78, 5) is 22.9. The number of carbonyl (C=O) groups is 2. The minimum absolute atomic E-state index is 0.107. The lowest BCUT2D eigenvalue weighted by Gasteiger charge is -2.10. The lowest BCUT2D eigenvalue weighted by Crippen LogP contribution is -2.11. The Morgan fingerprint density at radius 2 is 1.64 bits per heavy atom. The summed E-state index contributed by atoms with van der Waals surface area (Å²) in [5.74, 6) is 1.41. The van der Waals surface area contributed by atoms with Crippen LogP contribution in [0, 0.1) is 0 Å². The Balaban J connectivity index is 1.58. The largest absolute Gasteiger partial charge is 0.481 e. The average molecular weight is 373 g/mol. The van der Waals surface area contributed by atoms with Gasteiger partial charge in [0, 0.05) is 29.2 Å². The molecule has 6 heteroatoms. The van der Waals surface area contributed by atoms with Crippen LogP contribution in [0.5, 0.6) is 0 Å². The second-order valence-electron chi connectivity index (χ2n) is 5.74. The number of aliphatic carboxylic acids is 1. The van der Waals surface area contributed by atoms with Gasteiger partial charge in [-0.05, 0) is 41.8 Å². The van der Waals surface area contributed by atoms with Gasteiger partial charge in [0.15, 0.2) is 0 Å². The van der Waals surface area contributed by atoms with Crippen molar-refractivity contribution in [2.45, 2.75) is 17.4 Å². The number of hydrogen-bond acceptors (Lipinski definition) is 4. The summed E-state index contributed by atoms with van der Waals surface area (Å²) < 4.78 is 0.482. The first-order valence-electron chi connectivity index (χ1n) is 8.07. The number of aryl methyl sites for hydroxylation is 1. The van der Waals surface area contributed by atoms with Crippen LogP contribution in [-0.2, 0) is 11.2 Å². The number of thioether (sulfide) groups is 2. The zero-order valence-corrected chi connectivity index (χ0v) is 15.2. The Morgan fingerprint density at radius 3 is 2.24 bits per heavy atom. The van der Waals surface area contributed by atoms with Gasteiger partial charge in [-0.2, -0.15) is 0 Å². The van der Waals surface area contributed by atoms with E-state index in [9.17, 15) is 9.59 Å². The minimum atomic E-state index is -0.810. The highest BCUT2D eigenvalue weighted by Crippen LogP contribution is 2.45. The Hall–Kier alpha value is -1.92. The Morgan fingerprint density at radius 1 is 1.00 bits per heavy atom. The zero-order valence-electron chi connectivity index (χ0n) is 13.6. The van der Waals surface area contributed by atoms with Gasteiger partial charge in [-0.15, -0.1) is 23.5 Å². The van der Waals surface area contributed by atoms with Crippen LogP contribution in [0.2, 0.25) is 0 Å². The molecule has 2 N–H and O–H groups in total. The van der Waals surface area contributed by atoms with Crippen LogP contribution >= 0.6 is 23.5 Å². The van der Waals surface area contributed by atoms with Crippen molar-refractivity contribution < 1.29 is 14.7 Å². The third-order valence-corrected chi connectivity index (χ3v) is 7.01. The third kappa shape index (κ3) is 5.03. The first-order valence-corrected chi connectivity index (χ1v) is 10.2. The summed E-state index contributed by atoms with van der Waals surface area (Å²) in [6, 6.07) is 15.1. The molecular weight excluding hydrogens is 354 g/mol. The maximum absolute atomic E-state index is 12.3. The molecule has 0 atom stereocenters. The van der Waals surface area contributed by atoms with Crippen molar-refractivity contribution >= 4 is 41.1 Å². The van der Waals surface area contributed by atoms with Gasteiger partial charge in [-0.25, -0.2) is 0 Å². The molecular formula is C19H19NO3S2. The van der Waals surface area contributed by atoms with Gasteiger partial charge in [0.05, 0.1) is 4.58 Å². The van der Waals surface area contributed by atoms with E-state index in [4.69, 9.17) is 5.11 Å². The van der Waals surface area contributed by atoms with Crippen molar-refractivity contribution in [1.29, 1.82) is 0 Å². The first kappa shape index (κ1) is 17.9. The lowest BCUT2D eigenvalue weighted by atomic mass is 10.1. The summed E-state index contributed by atoms with van der Waals surface area (Å²) >= 11 is 3.89. The van der Waals surface area contributed by atoms with Gasteiger partial charge < -0.3 is 10.4 Å². The van der Waals surface area contributed by atoms with E-state index in [0.717, 1.165) is 5.56 Å². The Labute approximate surface area is 155 Å². The standard InChI is InChI=1S/C19H19NO3S2/c21-17(22)10-3-13-1-8-16(9-2-13)20-18(23)14-4-6-15(7-5-14)19-24-11-12-25-19/h1-2,4-9,19H,3,10-12H2,(H,20,23)(H,21,22). The summed E-state index contributed by atoms with van der Waals surface area (Å²) in [5, 5.41) is 11.6. The number of carbonyl (C=O) groups excluding carboxylic acids is 1. The number of anilines is 1. The van der Waals surface area contributed by atoms with E-state index < -0.39 is 5.97 Å². The highest BCUT2D eigenvalue weighted by Gasteiger charge is 2.18. The molecule has 2 aromatic carbocycles. The van der Waals surface area contributed by atoms with Gasteiger partial charge in [-0.3, -0.25) is 9.59 Å². The van der Waals surface area contributed by atoms with Crippen LogP contribution in [0.4, 0.5) is 5.69 Å². The van der Waals surface area contributed by atoms with Gasteiger partial charge in [-0.1, -0.05) is 24.3 Å². The molecule has 1 aliphatic heterocycles. The van der Waals surface area contributed by atoms with E-state index in [1.165, 1.54) is 17.1 Å². The Kier molecular flexibility index (Phi) is 6.04. The molecule has 2 aromatic rings. The highest BCUT2D eigenvalue weighted by atomic mass is 32.2. The molecule has 0 unspecified atom stereocenters. The fourth-order valence-corrected chi connectivity index (χ4v) is 5.41. The fourth-order valence-electron chi connectivity index (χ4n) is 2.55. The molecule has 1 saturated heterocycles. The third-order valence-electron chi connectivity index (χ3n) is 3.91. The van der Waals surface area contributed by atoms with Crippen LogP contribution < -0.4 is 5.32 Å². The molecule has 1 fully saturated rings. The molecule has 130 valence electrons. The van der Waals surface area contributed by atoms with Crippen molar-refractivity contribution in [3.63, 3.8) is 0 Å². The maximum atomic E-state index is 12.3. The van der Waals surface area contributed by atoms with E-state index >= 15 is 0 Å². The fraction of sp³-hybridized carbons (Fsp3) is 0.263. The molecule has 3 rings (SSSR count). The summed E-state index contributed by atoms with van der Waals surface area (Å²) in [6.07, 6.45) is 0.595.